The third kappa shape index (κ3) is 4.42. The number of pyridine rings is 1. The molecule has 2 heterocycles. The number of amides is 1. The molecule has 142 valence electrons. The number of nitrogens with zero attached hydrogens (tertiary/aromatic N) is 3. The maximum absolute atomic E-state index is 12.0. The van der Waals surface area contributed by atoms with Crippen molar-refractivity contribution in [2.75, 3.05) is 0 Å². The summed E-state index contributed by atoms with van der Waals surface area (Å²) >= 11 is 0. The normalized spacial score (nSPS) is 18.6. The molecule has 0 fully saturated rings. The fourth-order valence-electron chi connectivity index (χ4n) is 3.59. The number of hydrogen-bond acceptors (Lipinski definition) is 4. The van der Waals surface area contributed by atoms with E-state index in [1.54, 1.807) is 6.20 Å². The van der Waals surface area contributed by atoms with E-state index in [0.29, 0.717) is 6.42 Å². The van der Waals surface area contributed by atoms with Gasteiger partial charge in [0, 0.05) is 42.3 Å². The Balaban J connectivity index is 1.64. The summed E-state index contributed by atoms with van der Waals surface area (Å²) in [6, 6.07) is 5.70. The van der Waals surface area contributed by atoms with E-state index >= 15 is 0 Å². The quantitative estimate of drug-likeness (QED) is 0.732. The summed E-state index contributed by atoms with van der Waals surface area (Å²) in [5.74, 6) is -0.00920. The molecule has 0 bridgehead atoms. The Morgan fingerprint density at radius 1 is 1.26 bits per heavy atom. The van der Waals surface area contributed by atoms with Gasteiger partial charge in [0.2, 0.25) is 5.91 Å². The molecule has 0 spiro atoms. The van der Waals surface area contributed by atoms with Crippen LogP contribution in [0.3, 0.4) is 0 Å². The monoisotopic (exact) mass is 368 g/mol. The molecule has 0 saturated carbocycles. The van der Waals surface area contributed by atoms with Crippen molar-refractivity contribution in [3.8, 4) is 5.82 Å². The van der Waals surface area contributed by atoms with Gasteiger partial charge in [0.25, 0.3) is 0 Å². The summed E-state index contributed by atoms with van der Waals surface area (Å²) in [6.45, 7) is 4.03. The number of allylic oxidation sites excluding steroid dienone is 1. The Labute approximate surface area is 158 Å². The molecule has 7 heteroatoms. The second kappa shape index (κ2) is 8.16. The van der Waals surface area contributed by atoms with Gasteiger partial charge < -0.3 is 10.4 Å². The zero-order valence-electron chi connectivity index (χ0n) is 15.6. The van der Waals surface area contributed by atoms with Crippen molar-refractivity contribution in [1.82, 2.24) is 20.1 Å². The number of carboxylic acid groups (broad SMARTS) is 1. The first-order valence-corrected chi connectivity index (χ1v) is 9.12. The molecule has 0 radical (unpaired) electrons. The van der Waals surface area contributed by atoms with Gasteiger partial charge in [-0.3, -0.25) is 9.59 Å². The molecule has 0 aliphatic heterocycles. The van der Waals surface area contributed by atoms with Crippen LogP contribution < -0.4 is 5.32 Å². The van der Waals surface area contributed by atoms with Crippen LogP contribution in [-0.2, 0) is 9.59 Å². The summed E-state index contributed by atoms with van der Waals surface area (Å²) in [7, 11) is 0. The lowest BCUT2D eigenvalue weighted by Crippen LogP contribution is -2.32. The Bertz CT molecular complexity index is 858. The Morgan fingerprint density at radius 2 is 2.07 bits per heavy atom. The number of aryl methyl sites for hydroxylation is 1. The maximum atomic E-state index is 12.0. The number of hydrogen-bond donors (Lipinski definition) is 2. The fourth-order valence-corrected chi connectivity index (χ4v) is 3.59. The van der Waals surface area contributed by atoms with E-state index in [1.165, 1.54) is 5.56 Å². The number of aliphatic carboxylic acids is 1. The van der Waals surface area contributed by atoms with Crippen molar-refractivity contribution in [3.63, 3.8) is 0 Å². The summed E-state index contributed by atoms with van der Waals surface area (Å²) in [5, 5.41) is 16.3. The van der Waals surface area contributed by atoms with Crippen LogP contribution in [0.2, 0.25) is 0 Å². The average molecular weight is 368 g/mol. The van der Waals surface area contributed by atoms with Crippen molar-refractivity contribution in [2.24, 2.45) is 0 Å². The summed E-state index contributed by atoms with van der Waals surface area (Å²) in [4.78, 5) is 26.9. The first-order valence-electron chi connectivity index (χ1n) is 9.12. The minimum atomic E-state index is -0.875. The highest BCUT2D eigenvalue weighted by molar-refractivity contribution is 5.77. The van der Waals surface area contributed by atoms with E-state index < -0.39 is 5.97 Å². The molecule has 7 nitrogen and oxygen atoms in total. The predicted octanol–water partition coefficient (Wildman–Crippen LogP) is 2.67. The van der Waals surface area contributed by atoms with E-state index in [1.807, 2.05) is 42.8 Å². The van der Waals surface area contributed by atoms with Gasteiger partial charge in [-0.15, -0.1) is 0 Å². The number of carbonyl (C=O) groups is 2. The molecule has 27 heavy (non-hydrogen) atoms. The van der Waals surface area contributed by atoms with Gasteiger partial charge in [0.1, 0.15) is 0 Å². The lowest BCUT2D eigenvalue weighted by Gasteiger charge is -2.14. The van der Waals surface area contributed by atoms with Crippen LogP contribution in [0.4, 0.5) is 0 Å². The lowest BCUT2D eigenvalue weighted by atomic mass is 9.96. The Kier molecular flexibility index (Phi) is 5.69. The van der Waals surface area contributed by atoms with E-state index in [2.05, 4.69) is 21.5 Å². The van der Waals surface area contributed by atoms with Gasteiger partial charge >= 0.3 is 5.97 Å². The van der Waals surface area contributed by atoms with Crippen LogP contribution in [0.25, 0.3) is 5.82 Å². The molecular weight excluding hydrogens is 344 g/mol. The third-order valence-electron chi connectivity index (χ3n) is 4.81. The van der Waals surface area contributed by atoms with Crippen LogP contribution in [0, 0.1) is 13.8 Å². The zero-order chi connectivity index (χ0) is 19.4. The van der Waals surface area contributed by atoms with Gasteiger partial charge in [-0.25, -0.2) is 9.67 Å². The van der Waals surface area contributed by atoms with Crippen molar-refractivity contribution in [3.05, 3.63) is 53.5 Å². The molecular formula is C20H24N4O3. The minimum absolute atomic E-state index is 0.0155. The van der Waals surface area contributed by atoms with Gasteiger partial charge in [0.05, 0.1) is 5.69 Å². The number of nitrogens with one attached hydrogen (secondary N) is 1. The average Bonchev–Trinajstić information content (AvgIpc) is 3.19. The Hall–Kier alpha value is -2.96. The Morgan fingerprint density at radius 3 is 2.78 bits per heavy atom. The van der Waals surface area contributed by atoms with Crippen LogP contribution >= 0.6 is 0 Å². The third-order valence-corrected chi connectivity index (χ3v) is 4.81. The van der Waals surface area contributed by atoms with E-state index in [4.69, 9.17) is 5.11 Å². The lowest BCUT2D eigenvalue weighted by molar-refractivity contribution is -0.137. The fraction of sp³-hybridized carbons (Fsp3) is 0.400. The van der Waals surface area contributed by atoms with Crippen LogP contribution in [0.5, 0.6) is 0 Å². The molecule has 2 aromatic rings. The molecule has 2 N–H and O–H groups in total. The topological polar surface area (TPSA) is 97.1 Å². The molecule has 2 atom stereocenters. The van der Waals surface area contributed by atoms with Crippen molar-refractivity contribution < 1.29 is 14.7 Å². The van der Waals surface area contributed by atoms with Crippen LogP contribution in [-0.4, -0.2) is 37.8 Å². The van der Waals surface area contributed by atoms with Gasteiger partial charge in [-0.05, 0) is 38.8 Å². The number of carboxylic acids is 1. The molecule has 3 rings (SSSR count). The second-order valence-electron chi connectivity index (χ2n) is 6.83. The molecule has 1 aliphatic rings. The zero-order valence-corrected chi connectivity index (χ0v) is 15.6. The minimum Gasteiger partial charge on any atom is -0.481 e. The molecule has 2 aromatic heterocycles. The van der Waals surface area contributed by atoms with Gasteiger partial charge in [0.15, 0.2) is 5.82 Å². The molecule has 0 saturated heterocycles. The summed E-state index contributed by atoms with van der Waals surface area (Å²) in [6.07, 6.45) is 7.25. The molecule has 0 aromatic carbocycles. The first-order chi connectivity index (χ1) is 13.0. The van der Waals surface area contributed by atoms with Crippen molar-refractivity contribution in [1.29, 1.82) is 0 Å². The smallest absolute Gasteiger partial charge is 0.303 e. The maximum Gasteiger partial charge on any atom is 0.303 e. The summed E-state index contributed by atoms with van der Waals surface area (Å²) < 4.78 is 1.86. The SMILES string of the molecule is Cc1nn(-c2ccccn2)c(C)c1C1C=CC(NC(=O)CCCC(=O)O)C1. The van der Waals surface area contributed by atoms with Gasteiger partial charge in [-0.1, -0.05) is 18.2 Å². The van der Waals surface area contributed by atoms with Crippen LogP contribution in [0.1, 0.15) is 48.6 Å². The summed E-state index contributed by atoms with van der Waals surface area (Å²) in [5.41, 5.74) is 3.18. The molecule has 2 unspecified atom stereocenters. The second-order valence-corrected chi connectivity index (χ2v) is 6.83. The number of aromatic nitrogens is 3. The van der Waals surface area contributed by atoms with Crippen molar-refractivity contribution >= 4 is 11.9 Å². The highest BCUT2D eigenvalue weighted by atomic mass is 16.4. The predicted molar refractivity (Wildman–Crippen MR) is 101 cm³/mol. The highest BCUT2D eigenvalue weighted by Crippen LogP contribution is 2.33. The van der Waals surface area contributed by atoms with Gasteiger partial charge in [-0.2, -0.15) is 5.10 Å². The number of rotatable bonds is 7. The van der Waals surface area contributed by atoms with E-state index in [-0.39, 0.29) is 30.7 Å². The molecule has 1 aliphatic carbocycles. The van der Waals surface area contributed by atoms with E-state index in [9.17, 15) is 9.59 Å². The first kappa shape index (κ1) is 18.8. The van der Waals surface area contributed by atoms with E-state index in [0.717, 1.165) is 23.6 Å². The highest BCUT2D eigenvalue weighted by Gasteiger charge is 2.27. The molecule has 1 amide bonds. The largest absolute Gasteiger partial charge is 0.481 e. The van der Waals surface area contributed by atoms with Crippen molar-refractivity contribution in [2.45, 2.75) is 51.5 Å². The standard InChI is InChI=1S/C20H24N4O3/c1-13-20(14(2)24(23-13)17-6-3-4-11-21-17)15-9-10-16(12-15)22-18(25)7-5-8-19(26)27/h3-4,6,9-11,15-16H,5,7-8,12H2,1-2H3,(H,22,25)(H,26,27). The number of carbonyl (C=O) groups excluding carboxylic acids is 1. The van der Waals surface area contributed by atoms with Crippen LogP contribution in [0.15, 0.2) is 36.5 Å².